The summed E-state index contributed by atoms with van der Waals surface area (Å²) in [5.74, 6) is 1.16. The summed E-state index contributed by atoms with van der Waals surface area (Å²) in [6, 6.07) is 8.10. The summed E-state index contributed by atoms with van der Waals surface area (Å²) in [6.45, 7) is 2.14. The summed E-state index contributed by atoms with van der Waals surface area (Å²) in [6.07, 6.45) is 9.94. The number of Topliss-reactive ketones (excluding diaryl/α,β-unsaturated/α-hetero) is 1. The molecule has 0 aliphatic carbocycles. The first-order valence-electron chi connectivity index (χ1n) is 8.14. The standard InChI is InChI=1S/C19H21ClN2O/c1-14-7-2-5-12-19-21-13-17(22(14)19)18(23)11-6-9-15-8-3-4-10-16(15)20/h2-5,8,10,13-14H,6-7,9,11-12H2,1H3/t14-/m1/s1. The molecule has 4 heteroatoms. The number of rotatable bonds is 5. The van der Waals surface area contributed by atoms with Gasteiger partial charge >= 0.3 is 0 Å². The highest BCUT2D eigenvalue weighted by Gasteiger charge is 2.20. The number of carbonyl (C=O) groups excluding carboxylic acids is 1. The maximum atomic E-state index is 12.6. The van der Waals surface area contributed by atoms with Gasteiger partial charge in [0.15, 0.2) is 5.78 Å². The van der Waals surface area contributed by atoms with Gasteiger partial charge in [-0.25, -0.2) is 4.98 Å². The van der Waals surface area contributed by atoms with Crippen LogP contribution in [0.25, 0.3) is 0 Å². The second kappa shape index (κ2) is 7.14. The predicted octanol–water partition coefficient (Wildman–Crippen LogP) is 4.81. The van der Waals surface area contributed by atoms with Crippen molar-refractivity contribution in [3.63, 3.8) is 0 Å². The highest BCUT2D eigenvalue weighted by Crippen LogP contribution is 2.23. The summed E-state index contributed by atoms with van der Waals surface area (Å²) in [4.78, 5) is 17.0. The summed E-state index contributed by atoms with van der Waals surface area (Å²) in [5.41, 5.74) is 1.85. The third-order valence-corrected chi connectivity index (χ3v) is 4.72. The van der Waals surface area contributed by atoms with Gasteiger partial charge in [-0.1, -0.05) is 42.0 Å². The first kappa shape index (κ1) is 16.0. The van der Waals surface area contributed by atoms with Gasteiger partial charge in [-0.3, -0.25) is 4.79 Å². The largest absolute Gasteiger partial charge is 0.322 e. The molecule has 3 rings (SSSR count). The Labute approximate surface area is 142 Å². The van der Waals surface area contributed by atoms with Gasteiger partial charge in [-0.15, -0.1) is 0 Å². The molecule has 2 aromatic rings. The van der Waals surface area contributed by atoms with Crippen LogP contribution in [0.3, 0.4) is 0 Å². The predicted molar refractivity (Wildman–Crippen MR) is 93.1 cm³/mol. The zero-order valence-electron chi connectivity index (χ0n) is 13.3. The average Bonchev–Trinajstić information content (AvgIpc) is 2.89. The van der Waals surface area contributed by atoms with E-state index in [1.54, 1.807) is 6.20 Å². The molecule has 0 spiro atoms. The van der Waals surface area contributed by atoms with Crippen molar-refractivity contribution in [3.8, 4) is 0 Å². The molecular weight excluding hydrogens is 308 g/mol. The van der Waals surface area contributed by atoms with E-state index in [0.29, 0.717) is 6.42 Å². The van der Waals surface area contributed by atoms with E-state index in [1.807, 2.05) is 24.3 Å². The molecule has 1 aliphatic rings. The first-order valence-corrected chi connectivity index (χ1v) is 8.52. The smallest absolute Gasteiger partial charge is 0.180 e. The molecule has 0 bridgehead atoms. The molecule has 3 nitrogen and oxygen atoms in total. The number of aryl methyl sites for hydroxylation is 1. The SMILES string of the molecule is C[C@@H]1CC=CCc2ncc(C(=O)CCCc3ccccc3Cl)n21. The molecule has 1 aliphatic heterocycles. The minimum absolute atomic E-state index is 0.171. The van der Waals surface area contributed by atoms with E-state index in [-0.39, 0.29) is 11.8 Å². The number of hydrogen-bond acceptors (Lipinski definition) is 2. The van der Waals surface area contributed by atoms with Crippen LogP contribution in [-0.4, -0.2) is 15.3 Å². The number of benzene rings is 1. The van der Waals surface area contributed by atoms with E-state index in [4.69, 9.17) is 11.6 Å². The normalized spacial score (nSPS) is 16.9. The van der Waals surface area contributed by atoms with Gasteiger partial charge in [-0.2, -0.15) is 0 Å². The van der Waals surface area contributed by atoms with Crippen LogP contribution in [-0.2, 0) is 12.8 Å². The van der Waals surface area contributed by atoms with Gasteiger partial charge in [0.1, 0.15) is 11.5 Å². The van der Waals surface area contributed by atoms with Crippen molar-refractivity contribution in [1.82, 2.24) is 9.55 Å². The number of halogens is 1. The van der Waals surface area contributed by atoms with Crippen molar-refractivity contribution < 1.29 is 4.79 Å². The van der Waals surface area contributed by atoms with Crippen molar-refractivity contribution in [2.75, 3.05) is 0 Å². The number of nitrogens with zero attached hydrogens (tertiary/aromatic N) is 2. The molecule has 0 fully saturated rings. The fourth-order valence-electron chi connectivity index (χ4n) is 3.10. The lowest BCUT2D eigenvalue weighted by Gasteiger charge is -2.15. The zero-order chi connectivity index (χ0) is 16.2. The Bertz CT molecular complexity index is 733. The lowest BCUT2D eigenvalue weighted by Crippen LogP contribution is -2.14. The van der Waals surface area contributed by atoms with Crippen molar-refractivity contribution in [3.05, 3.63) is 64.7 Å². The molecule has 0 saturated carbocycles. The van der Waals surface area contributed by atoms with Crippen LogP contribution in [0.5, 0.6) is 0 Å². The molecule has 23 heavy (non-hydrogen) atoms. The molecule has 1 aromatic heterocycles. The number of imidazole rings is 1. The van der Waals surface area contributed by atoms with E-state index in [0.717, 1.165) is 47.8 Å². The minimum atomic E-state index is 0.171. The number of ketones is 1. The lowest BCUT2D eigenvalue weighted by atomic mass is 10.1. The molecule has 0 unspecified atom stereocenters. The quantitative estimate of drug-likeness (QED) is 0.583. The number of aromatic nitrogens is 2. The van der Waals surface area contributed by atoms with Gasteiger partial charge in [-0.05, 0) is 37.8 Å². The second-order valence-corrected chi connectivity index (χ2v) is 6.47. The van der Waals surface area contributed by atoms with Gasteiger partial charge in [0.05, 0.1) is 6.20 Å². The molecule has 0 radical (unpaired) electrons. The van der Waals surface area contributed by atoms with Gasteiger partial charge in [0.2, 0.25) is 0 Å². The Balaban J connectivity index is 1.66. The Morgan fingerprint density at radius 1 is 1.35 bits per heavy atom. The Morgan fingerprint density at radius 3 is 3.00 bits per heavy atom. The number of fused-ring (bicyclic) bond motifs is 1. The lowest BCUT2D eigenvalue weighted by molar-refractivity contribution is 0.0969. The fourth-order valence-corrected chi connectivity index (χ4v) is 3.33. The number of hydrogen-bond donors (Lipinski definition) is 0. The van der Waals surface area contributed by atoms with Gasteiger partial charge in [0.25, 0.3) is 0 Å². The minimum Gasteiger partial charge on any atom is -0.322 e. The van der Waals surface area contributed by atoms with Crippen LogP contribution in [0.4, 0.5) is 0 Å². The van der Waals surface area contributed by atoms with Crippen molar-refractivity contribution in [1.29, 1.82) is 0 Å². The topological polar surface area (TPSA) is 34.9 Å². The Kier molecular flexibility index (Phi) is 4.97. The molecule has 0 N–H and O–H groups in total. The maximum absolute atomic E-state index is 12.6. The first-order chi connectivity index (χ1) is 11.2. The molecule has 0 saturated heterocycles. The van der Waals surface area contributed by atoms with E-state index in [2.05, 4.69) is 28.6 Å². The van der Waals surface area contributed by atoms with E-state index in [1.165, 1.54) is 0 Å². The Hall–Kier alpha value is -1.87. The maximum Gasteiger partial charge on any atom is 0.180 e. The van der Waals surface area contributed by atoms with Crippen LogP contribution < -0.4 is 0 Å². The van der Waals surface area contributed by atoms with Crippen molar-refractivity contribution >= 4 is 17.4 Å². The van der Waals surface area contributed by atoms with Crippen molar-refractivity contribution in [2.45, 2.75) is 45.1 Å². The van der Waals surface area contributed by atoms with Crippen LogP contribution in [0.1, 0.15) is 54.1 Å². The molecule has 2 heterocycles. The molecule has 1 aromatic carbocycles. The van der Waals surface area contributed by atoms with Gasteiger partial charge in [0, 0.05) is 23.9 Å². The highest BCUT2D eigenvalue weighted by atomic mass is 35.5. The van der Waals surface area contributed by atoms with Crippen LogP contribution in [0.2, 0.25) is 5.02 Å². The van der Waals surface area contributed by atoms with Crippen LogP contribution in [0, 0.1) is 0 Å². The molecular formula is C19H21ClN2O. The molecule has 1 atom stereocenters. The van der Waals surface area contributed by atoms with Crippen molar-refractivity contribution in [2.24, 2.45) is 0 Å². The fraction of sp³-hybridized carbons (Fsp3) is 0.368. The number of carbonyl (C=O) groups is 1. The molecule has 120 valence electrons. The van der Waals surface area contributed by atoms with Crippen LogP contribution >= 0.6 is 11.6 Å². The third-order valence-electron chi connectivity index (χ3n) is 4.35. The van der Waals surface area contributed by atoms with Gasteiger partial charge < -0.3 is 4.57 Å². The van der Waals surface area contributed by atoms with E-state index < -0.39 is 0 Å². The summed E-state index contributed by atoms with van der Waals surface area (Å²) < 4.78 is 2.11. The average molecular weight is 329 g/mol. The highest BCUT2D eigenvalue weighted by molar-refractivity contribution is 6.31. The third kappa shape index (κ3) is 3.56. The number of allylic oxidation sites excluding steroid dienone is 2. The zero-order valence-corrected chi connectivity index (χ0v) is 14.1. The summed E-state index contributed by atoms with van der Waals surface area (Å²) in [5, 5.41) is 0.776. The van der Waals surface area contributed by atoms with E-state index in [9.17, 15) is 4.79 Å². The second-order valence-electron chi connectivity index (χ2n) is 6.06. The summed E-state index contributed by atoms with van der Waals surface area (Å²) in [7, 11) is 0. The van der Waals surface area contributed by atoms with E-state index >= 15 is 0 Å². The van der Waals surface area contributed by atoms with Crippen LogP contribution in [0.15, 0.2) is 42.6 Å². The monoisotopic (exact) mass is 328 g/mol. The molecule has 0 amide bonds. The Morgan fingerprint density at radius 2 is 2.17 bits per heavy atom. The summed E-state index contributed by atoms with van der Waals surface area (Å²) >= 11 is 6.17.